The molecule has 0 atom stereocenters. The van der Waals surface area contributed by atoms with Crippen LogP contribution in [0.25, 0.3) is 0 Å². The summed E-state index contributed by atoms with van der Waals surface area (Å²) < 4.78 is 5.94. The Hall–Kier alpha value is -2.24. The van der Waals surface area contributed by atoms with E-state index in [1.54, 1.807) is 0 Å². The van der Waals surface area contributed by atoms with Gasteiger partial charge in [-0.3, -0.25) is 4.79 Å². The van der Waals surface area contributed by atoms with Gasteiger partial charge in [0.2, 0.25) is 0 Å². The first-order valence-electron chi connectivity index (χ1n) is 9.63. The zero-order valence-electron chi connectivity index (χ0n) is 15.1. The molecule has 1 aromatic carbocycles. The molecule has 0 saturated heterocycles. The SMILES string of the molecule is O=C(NCc1ccc(OC2CCCC2)cc1)NC1CCC(C(=O)O)CC1. The molecule has 0 radical (unpaired) electrons. The Morgan fingerprint density at radius 2 is 1.65 bits per heavy atom. The fourth-order valence-electron chi connectivity index (χ4n) is 3.79. The standard InChI is InChI=1S/C20H28N2O4/c23-19(24)15-7-9-16(10-8-15)22-20(25)21-13-14-5-11-18(12-6-14)26-17-3-1-2-4-17/h5-6,11-12,15-17H,1-4,7-10,13H2,(H,23,24)(H2,21,22,25). The lowest BCUT2D eigenvalue weighted by molar-refractivity contribution is -0.142. The lowest BCUT2D eigenvalue weighted by Crippen LogP contribution is -2.43. The van der Waals surface area contributed by atoms with Crippen LogP contribution in [0.1, 0.15) is 56.9 Å². The van der Waals surface area contributed by atoms with Crippen LogP contribution in [0.2, 0.25) is 0 Å². The van der Waals surface area contributed by atoms with E-state index in [0.717, 1.165) is 37.0 Å². The van der Waals surface area contributed by atoms with Crippen molar-refractivity contribution >= 4 is 12.0 Å². The Kier molecular flexibility index (Phi) is 6.36. The van der Waals surface area contributed by atoms with Crippen LogP contribution >= 0.6 is 0 Å². The van der Waals surface area contributed by atoms with Crippen LogP contribution in [0.3, 0.4) is 0 Å². The van der Waals surface area contributed by atoms with E-state index in [9.17, 15) is 9.59 Å². The number of ether oxygens (including phenoxy) is 1. The Balaban J connectivity index is 1.37. The molecule has 2 amide bonds. The van der Waals surface area contributed by atoms with Gasteiger partial charge in [-0.1, -0.05) is 12.1 Å². The Morgan fingerprint density at radius 1 is 1.00 bits per heavy atom. The highest BCUT2D eigenvalue weighted by Gasteiger charge is 2.26. The maximum atomic E-state index is 12.0. The molecule has 3 rings (SSSR count). The Labute approximate surface area is 154 Å². The number of aliphatic carboxylic acids is 1. The van der Waals surface area contributed by atoms with Crippen LogP contribution in [0.15, 0.2) is 24.3 Å². The minimum atomic E-state index is -0.728. The van der Waals surface area contributed by atoms with Crippen molar-refractivity contribution in [3.05, 3.63) is 29.8 Å². The molecule has 0 unspecified atom stereocenters. The predicted molar refractivity (Wildman–Crippen MR) is 98.1 cm³/mol. The van der Waals surface area contributed by atoms with E-state index in [1.165, 1.54) is 12.8 Å². The van der Waals surface area contributed by atoms with Gasteiger partial charge in [0.1, 0.15) is 5.75 Å². The molecule has 26 heavy (non-hydrogen) atoms. The van der Waals surface area contributed by atoms with Gasteiger partial charge in [0.25, 0.3) is 0 Å². The van der Waals surface area contributed by atoms with Gasteiger partial charge in [0.05, 0.1) is 12.0 Å². The summed E-state index contributed by atoms with van der Waals surface area (Å²) >= 11 is 0. The fraction of sp³-hybridized carbons (Fsp3) is 0.600. The molecule has 0 aromatic heterocycles. The van der Waals surface area contributed by atoms with Crippen molar-refractivity contribution < 1.29 is 19.4 Å². The molecule has 2 aliphatic rings. The van der Waals surface area contributed by atoms with Gasteiger partial charge in [0, 0.05) is 12.6 Å². The first-order valence-corrected chi connectivity index (χ1v) is 9.63. The van der Waals surface area contributed by atoms with E-state index >= 15 is 0 Å². The number of carboxylic acids is 1. The van der Waals surface area contributed by atoms with Crippen LogP contribution in [0.4, 0.5) is 4.79 Å². The molecule has 6 nitrogen and oxygen atoms in total. The molecular weight excluding hydrogens is 332 g/mol. The van der Waals surface area contributed by atoms with Crippen LogP contribution in [0, 0.1) is 5.92 Å². The highest BCUT2D eigenvalue weighted by atomic mass is 16.5. The predicted octanol–water partition coefficient (Wildman–Crippen LogP) is 3.45. The molecule has 1 aromatic rings. The maximum Gasteiger partial charge on any atom is 0.315 e. The summed E-state index contributed by atoms with van der Waals surface area (Å²) in [6.45, 7) is 0.458. The summed E-state index contributed by atoms with van der Waals surface area (Å²) in [7, 11) is 0. The average Bonchev–Trinajstić information content (AvgIpc) is 3.15. The lowest BCUT2D eigenvalue weighted by atomic mass is 9.86. The largest absolute Gasteiger partial charge is 0.490 e. The van der Waals surface area contributed by atoms with Gasteiger partial charge in [0.15, 0.2) is 0 Å². The van der Waals surface area contributed by atoms with E-state index in [2.05, 4.69) is 10.6 Å². The van der Waals surface area contributed by atoms with E-state index in [1.807, 2.05) is 24.3 Å². The zero-order valence-corrected chi connectivity index (χ0v) is 15.1. The molecule has 2 saturated carbocycles. The van der Waals surface area contributed by atoms with Gasteiger partial charge < -0.3 is 20.5 Å². The van der Waals surface area contributed by atoms with Crippen molar-refractivity contribution in [1.82, 2.24) is 10.6 Å². The molecule has 0 bridgehead atoms. The topological polar surface area (TPSA) is 87.7 Å². The zero-order chi connectivity index (χ0) is 18.4. The molecule has 2 fully saturated rings. The number of carbonyl (C=O) groups excluding carboxylic acids is 1. The average molecular weight is 360 g/mol. The molecule has 0 spiro atoms. The first kappa shape index (κ1) is 18.5. The third kappa shape index (κ3) is 5.38. The van der Waals surface area contributed by atoms with Crippen LogP contribution in [-0.2, 0) is 11.3 Å². The molecule has 3 N–H and O–H groups in total. The second-order valence-electron chi connectivity index (χ2n) is 7.38. The molecule has 2 aliphatic carbocycles. The van der Waals surface area contributed by atoms with E-state index < -0.39 is 5.97 Å². The third-order valence-electron chi connectivity index (χ3n) is 5.39. The maximum absolute atomic E-state index is 12.0. The summed E-state index contributed by atoms with van der Waals surface area (Å²) in [5, 5.41) is 14.8. The van der Waals surface area contributed by atoms with Crippen LogP contribution in [-0.4, -0.2) is 29.3 Å². The Bertz CT molecular complexity index is 603. The quantitative estimate of drug-likeness (QED) is 0.725. The lowest BCUT2D eigenvalue weighted by Gasteiger charge is -2.26. The van der Waals surface area contributed by atoms with Gasteiger partial charge in [-0.2, -0.15) is 0 Å². The number of carboxylic acid groups (broad SMARTS) is 1. The number of carbonyl (C=O) groups is 2. The van der Waals surface area contributed by atoms with Crippen molar-refractivity contribution in [2.75, 3.05) is 0 Å². The summed E-state index contributed by atoms with van der Waals surface area (Å²) in [5.41, 5.74) is 1.02. The minimum Gasteiger partial charge on any atom is -0.490 e. The molecule has 142 valence electrons. The summed E-state index contributed by atoms with van der Waals surface area (Å²) in [6, 6.07) is 7.73. The third-order valence-corrected chi connectivity index (χ3v) is 5.39. The summed E-state index contributed by atoms with van der Waals surface area (Å²) in [5.74, 6) is -0.102. The number of amides is 2. The van der Waals surface area contributed by atoms with Crippen molar-refractivity contribution in [1.29, 1.82) is 0 Å². The van der Waals surface area contributed by atoms with Gasteiger partial charge >= 0.3 is 12.0 Å². The molecule has 6 heteroatoms. The number of hydrogen-bond donors (Lipinski definition) is 3. The monoisotopic (exact) mass is 360 g/mol. The van der Waals surface area contributed by atoms with Crippen molar-refractivity contribution in [3.8, 4) is 5.75 Å². The van der Waals surface area contributed by atoms with Gasteiger partial charge in [-0.05, 0) is 69.1 Å². The van der Waals surface area contributed by atoms with Gasteiger partial charge in [-0.25, -0.2) is 4.79 Å². The number of urea groups is 1. The van der Waals surface area contributed by atoms with Crippen LogP contribution in [0.5, 0.6) is 5.75 Å². The molecule has 0 aliphatic heterocycles. The normalized spacial score (nSPS) is 23.4. The summed E-state index contributed by atoms with van der Waals surface area (Å²) in [4.78, 5) is 23.0. The number of hydrogen-bond acceptors (Lipinski definition) is 3. The highest BCUT2D eigenvalue weighted by Crippen LogP contribution is 2.25. The molecule has 0 heterocycles. The minimum absolute atomic E-state index is 0.0628. The van der Waals surface area contributed by atoms with Crippen molar-refractivity contribution in [2.45, 2.75) is 70.1 Å². The summed E-state index contributed by atoms with van der Waals surface area (Å²) in [6.07, 6.45) is 7.82. The Morgan fingerprint density at radius 3 is 2.27 bits per heavy atom. The molecular formula is C20H28N2O4. The van der Waals surface area contributed by atoms with Crippen molar-refractivity contribution in [3.63, 3.8) is 0 Å². The fourth-order valence-corrected chi connectivity index (χ4v) is 3.79. The second-order valence-corrected chi connectivity index (χ2v) is 7.38. The van der Waals surface area contributed by atoms with E-state index in [-0.39, 0.29) is 18.0 Å². The number of nitrogens with one attached hydrogen (secondary N) is 2. The first-order chi connectivity index (χ1) is 12.6. The van der Waals surface area contributed by atoms with E-state index in [0.29, 0.717) is 25.5 Å². The highest BCUT2D eigenvalue weighted by molar-refractivity contribution is 5.74. The van der Waals surface area contributed by atoms with E-state index in [4.69, 9.17) is 9.84 Å². The van der Waals surface area contributed by atoms with Crippen molar-refractivity contribution in [2.24, 2.45) is 5.92 Å². The van der Waals surface area contributed by atoms with Crippen LogP contribution < -0.4 is 15.4 Å². The number of rotatable bonds is 6. The second kappa shape index (κ2) is 8.92. The number of benzene rings is 1. The smallest absolute Gasteiger partial charge is 0.315 e. The van der Waals surface area contributed by atoms with Gasteiger partial charge in [-0.15, -0.1) is 0 Å².